The first-order valence-electron chi connectivity index (χ1n) is 21.8. The smallest absolute Gasteiger partial charge is 0.374 e. The van der Waals surface area contributed by atoms with Crippen molar-refractivity contribution < 1.29 is 28.0 Å². The zero-order chi connectivity index (χ0) is 38.5. The van der Waals surface area contributed by atoms with Crippen LogP contribution in [0.15, 0.2) is 0 Å². The first-order valence-corrected chi connectivity index (χ1v) is 24.4. The van der Waals surface area contributed by atoms with Gasteiger partial charge in [0, 0.05) is 0 Å². The van der Waals surface area contributed by atoms with Gasteiger partial charge in [0.15, 0.2) is 0 Å². The van der Waals surface area contributed by atoms with Crippen molar-refractivity contribution in [2.24, 2.45) is 0 Å². The molecule has 52 heavy (non-hydrogen) atoms. The van der Waals surface area contributed by atoms with Crippen LogP contribution in [-0.2, 0) is 28.0 Å². The third-order valence-corrected chi connectivity index (χ3v) is 12.2. The van der Waals surface area contributed by atoms with Crippen molar-refractivity contribution in [1.29, 1.82) is 0 Å². The Morgan fingerprint density at radius 1 is 0.346 bits per heavy atom. The van der Waals surface area contributed by atoms with E-state index < -0.39 is 42.3 Å². The minimum Gasteiger partial charge on any atom is -0.374 e. The summed E-state index contributed by atoms with van der Waals surface area (Å²) in [5, 5.41) is -2.06. The Bertz CT molecular complexity index is 731. The lowest BCUT2D eigenvalue weighted by atomic mass is 10.1. The summed E-state index contributed by atoms with van der Waals surface area (Å²) in [4.78, 5) is 39.0. The summed E-state index contributed by atoms with van der Waals surface area (Å²) in [6, 6.07) is 0. The molecule has 0 aliphatic carbocycles. The van der Waals surface area contributed by atoms with Gasteiger partial charge in [0.1, 0.15) is 0 Å². The van der Waals surface area contributed by atoms with E-state index in [4.69, 9.17) is 13.6 Å². The molecule has 0 aliphatic rings. The summed E-state index contributed by atoms with van der Waals surface area (Å²) >= 11 is 13.4. The quantitative estimate of drug-likeness (QED) is 0.0326. The van der Waals surface area contributed by atoms with Gasteiger partial charge in [-0.25, -0.2) is 0 Å². The first kappa shape index (κ1) is 51.9. The molecule has 0 radical (unpaired) electrons. The van der Waals surface area contributed by atoms with E-state index in [1.165, 1.54) is 135 Å². The van der Waals surface area contributed by atoms with E-state index in [9.17, 15) is 14.4 Å². The molecule has 0 bridgehead atoms. The van der Waals surface area contributed by atoms with E-state index >= 15 is 0 Å². The van der Waals surface area contributed by atoms with Crippen LogP contribution in [0.2, 0.25) is 0 Å². The van der Waals surface area contributed by atoms with Crippen LogP contribution < -0.4 is 0 Å². The van der Waals surface area contributed by atoms with Crippen molar-refractivity contribution in [3.8, 4) is 0 Å². The van der Waals surface area contributed by atoms with E-state index in [1.54, 1.807) is 0 Å². The number of rotatable bonds is 39. The summed E-state index contributed by atoms with van der Waals surface area (Å²) in [6.45, 7) is 6.71. The Hall–Kier alpha value is -0.110. The van der Waals surface area contributed by atoms with E-state index in [2.05, 4.69) is 58.7 Å². The van der Waals surface area contributed by atoms with E-state index in [0.717, 1.165) is 57.8 Å². The fourth-order valence-electron chi connectivity index (χ4n) is 6.29. The lowest BCUT2D eigenvalue weighted by molar-refractivity contribution is -0.142. The summed E-state index contributed by atoms with van der Waals surface area (Å²) in [5.74, 6) is -1.91. The Labute approximate surface area is 339 Å². The van der Waals surface area contributed by atoms with Crippen LogP contribution >= 0.6 is 46.5 Å². The molecule has 10 heteroatoms. The largest absolute Gasteiger partial charge is 0.537 e. The highest BCUT2D eigenvalue weighted by Crippen LogP contribution is 2.43. The van der Waals surface area contributed by atoms with Crippen LogP contribution in [0.3, 0.4) is 0 Å². The molecule has 0 fully saturated rings. The van der Waals surface area contributed by atoms with Gasteiger partial charge in [-0.2, -0.15) is 37.9 Å². The van der Waals surface area contributed by atoms with Gasteiger partial charge in [-0.3, -0.25) is 14.4 Å². The predicted octanol–water partition coefficient (Wildman–Crippen LogP) is 14.7. The molecular weight excluding hydrogens is 728 g/mol. The SMILES string of the molecule is CCCCCCCCCCCCC(S)C(=O)OP(OC(=O)C(S)CCCCCCCCCCCC)OC(=O)C(S)CCCCCCCCCCCC. The fraction of sp³-hybridized carbons (Fsp3) is 0.929. The molecule has 0 aromatic heterocycles. The van der Waals surface area contributed by atoms with E-state index in [1.807, 2.05) is 0 Å². The molecule has 0 aliphatic heterocycles. The predicted molar refractivity (Wildman–Crippen MR) is 233 cm³/mol. The van der Waals surface area contributed by atoms with Gasteiger partial charge in [-0.15, -0.1) is 0 Å². The maximum absolute atomic E-state index is 13.0. The van der Waals surface area contributed by atoms with Crippen molar-refractivity contribution >= 4 is 64.4 Å². The lowest BCUT2D eigenvalue weighted by Gasteiger charge is -2.20. The lowest BCUT2D eigenvalue weighted by Crippen LogP contribution is -2.23. The maximum Gasteiger partial charge on any atom is 0.537 e. The minimum atomic E-state index is -2.57. The molecule has 0 aromatic carbocycles. The summed E-state index contributed by atoms with van der Waals surface area (Å²) < 4.78 is 16.5. The van der Waals surface area contributed by atoms with Gasteiger partial charge >= 0.3 is 26.5 Å². The highest BCUT2D eigenvalue weighted by molar-refractivity contribution is 7.82. The van der Waals surface area contributed by atoms with Crippen molar-refractivity contribution in [3.63, 3.8) is 0 Å². The number of hydrogen-bond donors (Lipinski definition) is 3. The molecule has 0 heterocycles. The third kappa shape index (κ3) is 33.2. The first-order chi connectivity index (χ1) is 25.3. The molecule has 0 aromatic rings. The molecule has 0 saturated carbocycles. The molecule has 0 amide bonds. The molecule has 3 atom stereocenters. The minimum absolute atomic E-state index is 0.547. The summed E-state index contributed by atoms with van der Waals surface area (Å²) in [5.41, 5.74) is 0. The highest BCUT2D eigenvalue weighted by atomic mass is 32.1. The Balaban J connectivity index is 4.75. The van der Waals surface area contributed by atoms with Crippen molar-refractivity contribution in [1.82, 2.24) is 0 Å². The normalized spacial score (nSPS) is 13.7. The van der Waals surface area contributed by atoms with Gasteiger partial charge in [0.2, 0.25) is 0 Å². The maximum atomic E-state index is 13.0. The van der Waals surface area contributed by atoms with Gasteiger partial charge in [0.05, 0.1) is 15.7 Å². The van der Waals surface area contributed by atoms with Crippen LogP contribution in [0.1, 0.15) is 233 Å². The number of thiol groups is 3. The van der Waals surface area contributed by atoms with Gasteiger partial charge in [-0.05, 0) is 19.3 Å². The third-order valence-electron chi connectivity index (χ3n) is 9.80. The number of hydrogen-bond acceptors (Lipinski definition) is 9. The molecule has 6 nitrogen and oxygen atoms in total. The van der Waals surface area contributed by atoms with Crippen LogP contribution in [0.4, 0.5) is 0 Å². The number of unbranched alkanes of at least 4 members (excludes halogenated alkanes) is 27. The molecule has 0 rings (SSSR count). The average molecular weight is 809 g/mol. The topological polar surface area (TPSA) is 78.9 Å². The van der Waals surface area contributed by atoms with Gasteiger partial charge in [-0.1, -0.05) is 213 Å². The van der Waals surface area contributed by atoms with Crippen molar-refractivity contribution in [3.05, 3.63) is 0 Å². The number of carbonyl (C=O) groups is 3. The molecule has 0 spiro atoms. The van der Waals surface area contributed by atoms with Crippen LogP contribution in [-0.4, -0.2) is 33.7 Å². The molecule has 0 saturated heterocycles. The zero-order valence-corrected chi connectivity index (χ0v) is 37.4. The second kappa shape index (κ2) is 39.1. The van der Waals surface area contributed by atoms with E-state index in [-0.39, 0.29) is 0 Å². The average Bonchev–Trinajstić information content (AvgIpc) is 3.13. The van der Waals surface area contributed by atoms with E-state index in [0.29, 0.717) is 19.3 Å². The van der Waals surface area contributed by atoms with Crippen LogP contribution in [0.5, 0.6) is 0 Å². The highest BCUT2D eigenvalue weighted by Gasteiger charge is 2.33. The second-order valence-corrected chi connectivity index (χ2v) is 17.8. The Morgan fingerprint density at radius 2 is 0.519 bits per heavy atom. The molecule has 0 N–H and O–H groups in total. The van der Waals surface area contributed by atoms with Crippen LogP contribution in [0.25, 0.3) is 0 Å². The Morgan fingerprint density at radius 3 is 0.712 bits per heavy atom. The zero-order valence-electron chi connectivity index (χ0n) is 33.8. The number of carbonyl (C=O) groups excluding carboxylic acids is 3. The second-order valence-electron chi connectivity index (χ2n) is 14.9. The summed E-state index contributed by atoms with van der Waals surface area (Å²) in [7, 11) is -2.57. The van der Waals surface area contributed by atoms with Crippen molar-refractivity contribution in [2.75, 3.05) is 0 Å². The van der Waals surface area contributed by atoms with Crippen LogP contribution in [0, 0.1) is 0 Å². The van der Waals surface area contributed by atoms with Gasteiger partial charge in [0.25, 0.3) is 0 Å². The molecule has 3 unspecified atom stereocenters. The standard InChI is InChI=1S/C42H81O6PS3/c1-4-7-10-13-16-19-22-25-28-31-34-37(50)40(43)46-49(47-41(44)38(51)35-32-29-26-23-20-17-14-11-8-5-2)48-42(45)39(52)36-33-30-27-24-21-18-15-12-9-6-3/h37-39,50-52H,4-36H2,1-3H3. The summed E-state index contributed by atoms with van der Waals surface area (Å²) in [6.07, 6.45) is 37.7. The molecule has 308 valence electrons. The monoisotopic (exact) mass is 808 g/mol. The van der Waals surface area contributed by atoms with Crippen molar-refractivity contribution in [2.45, 2.75) is 248 Å². The Kier molecular flexibility index (Phi) is 39.1. The van der Waals surface area contributed by atoms with Gasteiger partial charge < -0.3 is 13.6 Å². The molecular formula is C42H81O6PS3. The fourth-order valence-corrected chi connectivity index (χ4v) is 8.18.